The van der Waals surface area contributed by atoms with Crippen molar-refractivity contribution in [3.63, 3.8) is 0 Å². The number of hydrogen-bond acceptors (Lipinski definition) is 1. The van der Waals surface area contributed by atoms with E-state index in [1.165, 1.54) is 5.56 Å². The van der Waals surface area contributed by atoms with Crippen molar-refractivity contribution in [1.82, 2.24) is 0 Å². The molecule has 0 radical (unpaired) electrons. The minimum Gasteiger partial charge on any atom is -0.365 e. The summed E-state index contributed by atoms with van der Waals surface area (Å²) in [6, 6.07) is 10.1. The molecule has 0 N–H and O–H groups in total. The maximum atomic E-state index is 5.08. The molecule has 1 aromatic carbocycles. The number of rotatable bonds is 4. The van der Waals surface area contributed by atoms with Crippen molar-refractivity contribution < 1.29 is 4.74 Å². The lowest BCUT2D eigenvalue weighted by Gasteiger charge is -1.93. The van der Waals surface area contributed by atoms with E-state index in [2.05, 4.69) is 5.92 Å². The van der Waals surface area contributed by atoms with E-state index in [1.807, 2.05) is 42.5 Å². The van der Waals surface area contributed by atoms with Crippen LogP contribution in [0.5, 0.6) is 0 Å². The normalized spacial score (nSPS) is 10.1. The van der Waals surface area contributed by atoms with E-state index in [0.29, 0.717) is 13.2 Å². The highest BCUT2D eigenvalue weighted by Gasteiger charge is 1.82. The minimum atomic E-state index is 0.374. The summed E-state index contributed by atoms with van der Waals surface area (Å²) in [5.41, 5.74) is 1.17. The Bertz CT molecular complexity index is 293. The van der Waals surface area contributed by atoms with Gasteiger partial charge in [0.25, 0.3) is 0 Å². The van der Waals surface area contributed by atoms with Crippen molar-refractivity contribution in [1.29, 1.82) is 0 Å². The Balaban J connectivity index is 2.29. The van der Waals surface area contributed by atoms with Gasteiger partial charge in [0.05, 0.1) is 6.61 Å². The van der Waals surface area contributed by atoms with E-state index in [-0.39, 0.29) is 0 Å². The van der Waals surface area contributed by atoms with E-state index < -0.39 is 0 Å². The molecular formula is C12H12O. The molecule has 1 heteroatoms. The highest BCUT2D eigenvalue weighted by atomic mass is 16.5. The predicted octanol–water partition coefficient (Wildman–Crippen LogP) is 2.35. The van der Waals surface area contributed by atoms with Crippen LogP contribution in [0.15, 0.2) is 36.4 Å². The fourth-order valence-electron chi connectivity index (χ4n) is 0.934. The van der Waals surface area contributed by atoms with Gasteiger partial charge in [-0.1, -0.05) is 48.4 Å². The Kier molecular flexibility index (Phi) is 4.45. The Labute approximate surface area is 79.0 Å². The van der Waals surface area contributed by atoms with E-state index in [1.54, 1.807) is 0 Å². The van der Waals surface area contributed by atoms with Crippen molar-refractivity contribution in [3.8, 4) is 12.3 Å². The van der Waals surface area contributed by atoms with Gasteiger partial charge in [-0.05, 0) is 5.56 Å². The molecule has 13 heavy (non-hydrogen) atoms. The summed E-state index contributed by atoms with van der Waals surface area (Å²) >= 11 is 0. The molecule has 0 saturated heterocycles. The molecule has 0 aliphatic carbocycles. The van der Waals surface area contributed by atoms with E-state index in [4.69, 9.17) is 11.2 Å². The van der Waals surface area contributed by atoms with E-state index in [0.717, 1.165) is 0 Å². The van der Waals surface area contributed by atoms with Crippen molar-refractivity contribution in [3.05, 3.63) is 42.0 Å². The first-order valence-electron chi connectivity index (χ1n) is 4.16. The maximum absolute atomic E-state index is 5.08. The number of ether oxygens (including phenoxy) is 1. The summed E-state index contributed by atoms with van der Waals surface area (Å²) in [5, 5.41) is 0. The van der Waals surface area contributed by atoms with Crippen LogP contribution in [0.4, 0.5) is 0 Å². The van der Waals surface area contributed by atoms with Crippen LogP contribution in [0.3, 0.4) is 0 Å². The molecule has 66 valence electrons. The topological polar surface area (TPSA) is 9.23 Å². The van der Waals surface area contributed by atoms with Gasteiger partial charge in [-0.2, -0.15) is 0 Å². The molecule has 0 unspecified atom stereocenters. The lowest BCUT2D eigenvalue weighted by molar-refractivity contribution is 0.200. The van der Waals surface area contributed by atoms with E-state index >= 15 is 0 Å². The molecule has 1 aromatic rings. The van der Waals surface area contributed by atoms with Crippen LogP contribution in [0, 0.1) is 12.3 Å². The van der Waals surface area contributed by atoms with Crippen molar-refractivity contribution in [2.24, 2.45) is 0 Å². The molecule has 0 spiro atoms. The molecule has 1 nitrogen and oxygen atoms in total. The van der Waals surface area contributed by atoms with Gasteiger partial charge < -0.3 is 4.74 Å². The first kappa shape index (κ1) is 9.57. The van der Waals surface area contributed by atoms with Crippen LogP contribution in [0.1, 0.15) is 5.56 Å². The monoisotopic (exact) mass is 172 g/mol. The van der Waals surface area contributed by atoms with Crippen LogP contribution in [0.25, 0.3) is 6.08 Å². The second kappa shape index (κ2) is 6.05. The largest absolute Gasteiger partial charge is 0.365 e. The third-order valence-corrected chi connectivity index (χ3v) is 1.51. The minimum absolute atomic E-state index is 0.374. The zero-order valence-electron chi connectivity index (χ0n) is 7.44. The number of hydrogen-bond donors (Lipinski definition) is 0. The van der Waals surface area contributed by atoms with Gasteiger partial charge in [0, 0.05) is 0 Å². The van der Waals surface area contributed by atoms with Gasteiger partial charge in [-0.25, -0.2) is 0 Å². The lowest BCUT2D eigenvalue weighted by Crippen LogP contribution is -1.89. The van der Waals surface area contributed by atoms with Crippen LogP contribution in [-0.2, 0) is 4.74 Å². The zero-order valence-corrected chi connectivity index (χ0v) is 7.44. The molecule has 0 aromatic heterocycles. The van der Waals surface area contributed by atoms with Crippen LogP contribution < -0.4 is 0 Å². The second-order valence-corrected chi connectivity index (χ2v) is 2.53. The van der Waals surface area contributed by atoms with Gasteiger partial charge >= 0.3 is 0 Å². The molecule has 0 bridgehead atoms. The fraction of sp³-hybridized carbons (Fsp3) is 0.167. The SMILES string of the molecule is C#CCOCC=Cc1ccccc1. The van der Waals surface area contributed by atoms with Crippen molar-refractivity contribution in [2.45, 2.75) is 0 Å². The molecular weight excluding hydrogens is 160 g/mol. The summed E-state index contributed by atoms with van der Waals surface area (Å²) in [5.74, 6) is 2.41. The highest BCUT2D eigenvalue weighted by molar-refractivity contribution is 5.48. The van der Waals surface area contributed by atoms with Gasteiger partial charge in [-0.3, -0.25) is 0 Å². The third kappa shape index (κ3) is 4.15. The van der Waals surface area contributed by atoms with Crippen molar-refractivity contribution in [2.75, 3.05) is 13.2 Å². The predicted molar refractivity (Wildman–Crippen MR) is 55.1 cm³/mol. The Morgan fingerprint density at radius 1 is 1.31 bits per heavy atom. The van der Waals surface area contributed by atoms with Gasteiger partial charge in [-0.15, -0.1) is 6.42 Å². The lowest BCUT2D eigenvalue weighted by atomic mass is 10.2. The number of terminal acetylenes is 1. The molecule has 0 amide bonds. The number of benzene rings is 1. The molecule has 0 heterocycles. The maximum Gasteiger partial charge on any atom is 0.107 e. The van der Waals surface area contributed by atoms with Crippen LogP contribution in [-0.4, -0.2) is 13.2 Å². The summed E-state index contributed by atoms with van der Waals surface area (Å²) < 4.78 is 5.08. The van der Waals surface area contributed by atoms with E-state index in [9.17, 15) is 0 Å². The summed E-state index contributed by atoms with van der Waals surface area (Å²) in [7, 11) is 0. The first-order chi connectivity index (χ1) is 6.43. The molecule has 0 atom stereocenters. The summed E-state index contributed by atoms with van der Waals surface area (Å²) in [4.78, 5) is 0. The standard InChI is InChI=1S/C12H12O/c1-2-10-13-11-6-9-12-7-4-3-5-8-12/h1,3-9H,10-11H2. The quantitative estimate of drug-likeness (QED) is 0.500. The summed E-state index contributed by atoms with van der Waals surface area (Å²) in [6.07, 6.45) is 8.98. The highest BCUT2D eigenvalue weighted by Crippen LogP contribution is 2.00. The second-order valence-electron chi connectivity index (χ2n) is 2.53. The molecule has 0 saturated carbocycles. The smallest absolute Gasteiger partial charge is 0.107 e. The van der Waals surface area contributed by atoms with Gasteiger partial charge in [0.2, 0.25) is 0 Å². The first-order valence-corrected chi connectivity index (χ1v) is 4.16. The fourth-order valence-corrected chi connectivity index (χ4v) is 0.934. The molecule has 0 aliphatic heterocycles. The molecule has 1 rings (SSSR count). The summed E-state index contributed by atoms with van der Waals surface area (Å²) in [6.45, 7) is 0.943. The Morgan fingerprint density at radius 3 is 2.77 bits per heavy atom. The zero-order chi connectivity index (χ0) is 9.36. The molecule has 0 aliphatic rings. The van der Waals surface area contributed by atoms with Gasteiger partial charge in [0.15, 0.2) is 0 Å². The third-order valence-electron chi connectivity index (χ3n) is 1.51. The van der Waals surface area contributed by atoms with Crippen LogP contribution in [0.2, 0.25) is 0 Å². The average molecular weight is 172 g/mol. The van der Waals surface area contributed by atoms with Gasteiger partial charge in [0.1, 0.15) is 6.61 Å². The Morgan fingerprint density at radius 2 is 2.08 bits per heavy atom. The van der Waals surface area contributed by atoms with Crippen LogP contribution >= 0.6 is 0 Å². The Hall–Kier alpha value is -1.52. The average Bonchev–Trinajstić information content (AvgIpc) is 2.19. The van der Waals surface area contributed by atoms with Crippen molar-refractivity contribution >= 4 is 6.08 Å². The molecule has 0 fully saturated rings.